The zero-order valence-corrected chi connectivity index (χ0v) is 20.9. The van der Waals surface area contributed by atoms with Crippen LogP contribution < -0.4 is 5.32 Å². The molecule has 1 heterocycles. The Morgan fingerprint density at radius 1 is 1.12 bits per heavy atom. The molecule has 2 N–H and O–H groups in total. The van der Waals surface area contributed by atoms with Crippen molar-refractivity contribution in [3.8, 4) is 0 Å². The Morgan fingerprint density at radius 2 is 1.91 bits per heavy atom. The van der Waals surface area contributed by atoms with Crippen molar-refractivity contribution >= 4 is 11.6 Å². The molecular formula is C29H44N2O2. The van der Waals surface area contributed by atoms with E-state index < -0.39 is 0 Å². The number of rotatable bonds is 5. The van der Waals surface area contributed by atoms with E-state index in [0.29, 0.717) is 23.2 Å². The number of aliphatic hydroxyl groups is 1. The van der Waals surface area contributed by atoms with Gasteiger partial charge < -0.3 is 10.4 Å². The summed E-state index contributed by atoms with van der Waals surface area (Å²) < 4.78 is 0. The molecule has 1 amide bonds. The van der Waals surface area contributed by atoms with Gasteiger partial charge in [-0.2, -0.15) is 0 Å². The van der Waals surface area contributed by atoms with Gasteiger partial charge >= 0.3 is 0 Å². The van der Waals surface area contributed by atoms with Gasteiger partial charge in [-0.05, 0) is 123 Å². The predicted octanol–water partition coefficient (Wildman–Crippen LogP) is 6.46. The number of hydrogen-bond acceptors (Lipinski definition) is 3. The monoisotopic (exact) mass is 452 g/mol. The lowest BCUT2D eigenvalue weighted by atomic mass is 9.44. The fourth-order valence-electron chi connectivity index (χ4n) is 9.43. The highest BCUT2D eigenvalue weighted by atomic mass is 16.3. The van der Waals surface area contributed by atoms with Crippen molar-refractivity contribution in [1.29, 1.82) is 0 Å². The van der Waals surface area contributed by atoms with Crippen LogP contribution in [0.1, 0.15) is 91.4 Å². The second-order valence-electron chi connectivity index (χ2n) is 12.6. The molecule has 0 spiro atoms. The van der Waals surface area contributed by atoms with Crippen LogP contribution in [0.15, 0.2) is 24.5 Å². The highest BCUT2D eigenvalue weighted by Crippen LogP contribution is 2.68. The Bertz CT molecular complexity index is 843. The molecule has 0 unspecified atom stereocenters. The summed E-state index contributed by atoms with van der Waals surface area (Å²) in [5.74, 6) is 4.79. The molecule has 4 fully saturated rings. The van der Waals surface area contributed by atoms with Crippen molar-refractivity contribution in [1.82, 2.24) is 4.98 Å². The van der Waals surface area contributed by atoms with E-state index in [1.807, 2.05) is 12.1 Å². The molecule has 182 valence electrons. The van der Waals surface area contributed by atoms with Gasteiger partial charge in [0.2, 0.25) is 5.91 Å². The van der Waals surface area contributed by atoms with Crippen LogP contribution in [0.4, 0.5) is 5.69 Å². The average molecular weight is 453 g/mol. The van der Waals surface area contributed by atoms with Crippen LogP contribution >= 0.6 is 0 Å². The second-order valence-corrected chi connectivity index (χ2v) is 12.6. The number of aromatic nitrogens is 1. The normalized spacial score (nSPS) is 43.2. The maximum absolute atomic E-state index is 12.5. The van der Waals surface area contributed by atoms with E-state index in [1.54, 1.807) is 12.4 Å². The smallest absolute Gasteiger partial charge is 0.224 e. The molecule has 4 aliphatic carbocycles. The van der Waals surface area contributed by atoms with Crippen LogP contribution in [0.25, 0.3) is 0 Å². The van der Waals surface area contributed by atoms with Gasteiger partial charge in [-0.15, -0.1) is 0 Å². The van der Waals surface area contributed by atoms with Crippen LogP contribution in [0, 0.1) is 46.3 Å². The van der Waals surface area contributed by atoms with E-state index in [4.69, 9.17) is 0 Å². The topological polar surface area (TPSA) is 62.2 Å². The SMILES string of the molecule is C[C@H](CCC(=O)Nc1cccnc1)[C@H]1CC[C@H]2[C@@H]3CC[C@@H]4C[C@H](O)CC[C@]4(C)[C@H]3CC[C@]12C. The molecular weight excluding hydrogens is 408 g/mol. The fourth-order valence-corrected chi connectivity index (χ4v) is 9.43. The van der Waals surface area contributed by atoms with E-state index in [9.17, 15) is 9.90 Å². The Balaban J connectivity index is 1.22. The zero-order valence-electron chi connectivity index (χ0n) is 20.9. The number of nitrogens with one attached hydrogen (secondary N) is 1. The first-order valence-corrected chi connectivity index (χ1v) is 13.7. The number of pyridine rings is 1. The largest absolute Gasteiger partial charge is 0.393 e. The van der Waals surface area contributed by atoms with Crippen LogP contribution in [0.5, 0.6) is 0 Å². The molecule has 0 saturated heterocycles. The summed E-state index contributed by atoms with van der Waals surface area (Å²) in [6.07, 6.45) is 16.4. The number of carbonyl (C=O) groups is 1. The molecule has 33 heavy (non-hydrogen) atoms. The summed E-state index contributed by atoms with van der Waals surface area (Å²) in [7, 11) is 0. The lowest BCUT2D eigenvalue weighted by Crippen LogP contribution is -2.54. The molecule has 0 radical (unpaired) electrons. The van der Waals surface area contributed by atoms with Gasteiger partial charge in [-0.25, -0.2) is 0 Å². The first kappa shape index (κ1) is 23.3. The minimum atomic E-state index is -0.0551. The lowest BCUT2D eigenvalue weighted by Gasteiger charge is -2.61. The molecule has 0 aliphatic heterocycles. The highest BCUT2D eigenvalue weighted by Gasteiger charge is 2.60. The molecule has 5 rings (SSSR count). The first-order chi connectivity index (χ1) is 15.8. The van der Waals surface area contributed by atoms with E-state index in [0.717, 1.165) is 54.5 Å². The number of aliphatic hydroxyl groups excluding tert-OH is 1. The van der Waals surface area contributed by atoms with Crippen LogP contribution in [0.2, 0.25) is 0 Å². The Hall–Kier alpha value is -1.42. The number of nitrogens with zero attached hydrogens (tertiary/aromatic N) is 1. The quantitative estimate of drug-likeness (QED) is 0.539. The van der Waals surface area contributed by atoms with Gasteiger partial charge in [0.15, 0.2) is 0 Å². The van der Waals surface area contributed by atoms with E-state index in [1.165, 1.54) is 44.9 Å². The van der Waals surface area contributed by atoms with Gasteiger partial charge in [-0.1, -0.05) is 20.8 Å². The van der Waals surface area contributed by atoms with E-state index in [2.05, 4.69) is 31.1 Å². The van der Waals surface area contributed by atoms with Crippen molar-refractivity contribution in [2.24, 2.45) is 46.3 Å². The molecule has 4 nitrogen and oxygen atoms in total. The summed E-state index contributed by atoms with van der Waals surface area (Å²) in [5.41, 5.74) is 1.69. The van der Waals surface area contributed by atoms with Crippen LogP contribution in [-0.4, -0.2) is 22.1 Å². The maximum atomic E-state index is 12.5. The predicted molar refractivity (Wildman–Crippen MR) is 132 cm³/mol. The summed E-state index contributed by atoms with van der Waals surface area (Å²) in [4.78, 5) is 16.6. The third-order valence-electron chi connectivity index (χ3n) is 11.2. The molecule has 4 saturated carbocycles. The van der Waals surface area contributed by atoms with Crippen molar-refractivity contribution in [2.45, 2.75) is 97.5 Å². The fraction of sp³-hybridized carbons (Fsp3) is 0.793. The third kappa shape index (κ3) is 4.15. The van der Waals surface area contributed by atoms with Crippen LogP contribution in [-0.2, 0) is 4.79 Å². The highest BCUT2D eigenvalue weighted by molar-refractivity contribution is 5.90. The third-order valence-corrected chi connectivity index (χ3v) is 11.2. The second kappa shape index (κ2) is 8.98. The summed E-state index contributed by atoms with van der Waals surface area (Å²) in [6, 6.07) is 3.76. The number of anilines is 1. The first-order valence-electron chi connectivity index (χ1n) is 13.7. The van der Waals surface area contributed by atoms with Crippen molar-refractivity contribution < 1.29 is 9.90 Å². The average Bonchev–Trinajstić information content (AvgIpc) is 3.16. The Morgan fingerprint density at radius 3 is 2.70 bits per heavy atom. The molecule has 9 atom stereocenters. The number of fused-ring (bicyclic) bond motifs is 5. The molecule has 1 aromatic rings. The number of carbonyl (C=O) groups excluding carboxylic acids is 1. The zero-order chi connectivity index (χ0) is 23.2. The molecule has 0 aromatic carbocycles. The Labute approximate surface area is 200 Å². The number of hydrogen-bond donors (Lipinski definition) is 2. The van der Waals surface area contributed by atoms with Gasteiger partial charge in [0.1, 0.15) is 0 Å². The van der Waals surface area contributed by atoms with Crippen molar-refractivity contribution in [3.05, 3.63) is 24.5 Å². The molecule has 4 aliphatic rings. The minimum Gasteiger partial charge on any atom is -0.393 e. The van der Waals surface area contributed by atoms with Crippen molar-refractivity contribution in [3.63, 3.8) is 0 Å². The van der Waals surface area contributed by atoms with E-state index in [-0.39, 0.29) is 12.0 Å². The summed E-state index contributed by atoms with van der Waals surface area (Å²) in [6.45, 7) is 7.60. The lowest BCUT2D eigenvalue weighted by molar-refractivity contribution is -0.129. The van der Waals surface area contributed by atoms with E-state index >= 15 is 0 Å². The van der Waals surface area contributed by atoms with Gasteiger partial charge in [0.05, 0.1) is 18.0 Å². The standard InChI is InChI=1S/C29H44N2O2/c1-19(6-11-27(33)31-21-5-4-16-30-18-21)24-9-10-25-23-8-7-20-17-22(32)12-14-28(20,2)26(23)13-15-29(24,25)3/h4-5,16,18-20,22-26,32H,6-15,17H2,1-3H3,(H,31,33)/t19-,20-,22-,23+,24-,25+,26+,28+,29-/m1/s1. The van der Waals surface area contributed by atoms with Crippen molar-refractivity contribution in [2.75, 3.05) is 5.32 Å². The maximum Gasteiger partial charge on any atom is 0.224 e. The summed E-state index contributed by atoms with van der Waals surface area (Å²) >= 11 is 0. The minimum absolute atomic E-state index is 0.0551. The van der Waals surface area contributed by atoms with Gasteiger partial charge in [0, 0.05) is 12.6 Å². The molecule has 4 heteroatoms. The number of amides is 1. The Kier molecular flexibility index (Phi) is 6.35. The molecule has 1 aromatic heterocycles. The van der Waals surface area contributed by atoms with Gasteiger partial charge in [-0.3, -0.25) is 9.78 Å². The summed E-state index contributed by atoms with van der Waals surface area (Å²) in [5, 5.41) is 13.3. The van der Waals surface area contributed by atoms with Crippen LogP contribution in [0.3, 0.4) is 0 Å². The van der Waals surface area contributed by atoms with Gasteiger partial charge in [0.25, 0.3) is 0 Å². The molecule has 0 bridgehead atoms.